The quantitative estimate of drug-likeness (QED) is 0.813. The first kappa shape index (κ1) is 13.0. The SMILES string of the molecule is Clc1cccc(Cl)c1-c1cccc(C2CCCN2)c1. The van der Waals surface area contributed by atoms with Crippen LogP contribution in [0.25, 0.3) is 11.1 Å². The van der Waals surface area contributed by atoms with Crippen LogP contribution in [0.2, 0.25) is 10.0 Å². The molecule has 1 unspecified atom stereocenters. The molecule has 0 bridgehead atoms. The minimum Gasteiger partial charge on any atom is -0.310 e. The summed E-state index contributed by atoms with van der Waals surface area (Å²) >= 11 is 12.6. The van der Waals surface area contributed by atoms with E-state index in [1.165, 1.54) is 18.4 Å². The van der Waals surface area contributed by atoms with Gasteiger partial charge in [-0.3, -0.25) is 0 Å². The van der Waals surface area contributed by atoms with Gasteiger partial charge in [0.05, 0.1) is 0 Å². The van der Waals surface area contributed by atoms with Crippen LogP contribution in [0.4, 0.5) is 0 Å². The molecule has 0 spiro atoms. The first-order chi connectivity index (χ1) is 9.25. The molecule has 0 saturated carbocycles. The van der Waals surface area contributed by atoms with Crippen LogP contribution in [-0.2, 0) is 0 Å². The summed E-state index contributed by atoms with van der Waals surface area (Å²) in [7, 11) is 0. The van der Waals surface area contributed by atoms with Crippen molar-refractivity contribution < 1.29 is 0 Å². The van der Waals surface area contributed by atoms with E-state index in [0.717, 1.165) is 17.7 Å². The van der Waals surface area contributed by atoms with E-state index in [-0.39, 0.29) is 0 Å². The molecule has 3 heteroatoms. The molecule has 2 aromatic rings. The normalized spacial score (nSPS) is 18.7. The molecule has 0 radical (unpaired) electrons. The lowest BCUT2D eigenvalue weighted by molar-refractivity contribution is 0.648. The van der Waals surface area contributed by atoms with Gasteiger partial charge in [0, 0.05) is 21.7 Å². The van der Waals surface area contributed by atoms with E-state index in [9.17, 15) is 0 Å². The Morgan fingerprint density at radius 1 is 1.00 bits per heavy atom. The molecule has 1 saturated heterocycles. The third-order valence-electron chi connectivity index (χ3n) is 3.60. The number of nitrogens with one attached hydrogen (secondary N) is 1. The highest BCUT2D eigenvalue weighted by atomic mass is 35.5. The summed E-state index contributed by atoms with van der Waals surface area (Å²) in [5.74, 6) is 0. The lowest BCUT2D eigenvalue weighted by atomic mass is 9.98. The molecule has 1 heterocycles. The van der Waals surface area contributed by atoms with E-state index in [0.29, 0.717) is 16.1 Å². The van der Waals surface area contributed by atoms with Crippen LogP contribution < -0.4 is 5.32 Å². The van der Waals surface area contributed by atoms with Gasteiger partial charge in [-0.25, -0.2) is 0 Å². The van der Waals surface area contributed by atoms with Crippen LogP contribution in [0.5, 0.6) is 0 Å². The summed E-state index contributed by atoms with van der Waals surface area (Å²) in [5, 5.41) is 4.91. The zero-order valence-electron chi connectivity index (χ0n) is 10.5. The number of hydrogen-bond acceptors (Lipinski definition) is 1. The maximum absolute atomic E-state index is 6.28. The Bertz CT molecular complexity index is 569. The van der Waals surface area contributed by atoms with Crippen molar-refractivity contribution in [3.8, 4) is 11.1 Å². The first-order valence-corrected chi connectivity index (χ1v) is 7.29. The van der Waals surface area contributed by atoms with Crippen LogP contribution in [-0.4, -0.2) is 6.54 Å². The zero-order chi connectivity index (χ0) is 13.2. The van der Waals surface area contributed by atoms with Crippen LogP contribution in [0, 0.1) is 0 Å². The van der Waals surface area contributed by atoms with E-state index in [2.05, 4.69) is 29.6 Å². The van der Waals surface area contributed by atoms with E-state index in [4.69, 9.17) is 23.2 Å². The highest BCUT2D eigenvalue weighted by Crippen LogP contribution is 2.36. The number of hydrogen-bond donors (Lipinski definition) is 1. The molecule has 1 N–H and O–H groups in total. The third-order valence-corrected chi connectivity index (χ3v) is 4.23. The molecule has 98 valence electrons. The van der Waals surface area contributed by atoms with Crippen molar-refractivity contribution in [2.75, 3.05) is 6.54 Å². The lowest BCUT2D eigenvalue weighted by Crippen LogP contribution is -2.12. The maximum Gasteiger partial charge on any atom is 0.0499 e. The fourth-order valence-corrected chi connectivity index (χ4v) is 3.27. The average molecular weight is 292 g/mol. The topological polar surface area (TPSA) is 12.0 Å². The third kappa shape index (κ3) is 2.64. The summed E-state index contributed by atoms with van der Waals surface area (Å²) in [4.78, 5) is 0. The molecular formula is C16H15Cl2N. The fraction of sp³-hybridized carbons (Fsp3) is 0.250. The molecule has 0 amide bonds. The fourth-order valence-electron chi connectivity index (χ4n) is 2.65. The van der Waals surface area contributed by atoms with Crippen molar-refractivity contribution in [3.05, 3.63) is 58.1 Å². The molecule has 0 aromatic heterocycles. The Morgan fingerprint density at radius 3 is 2.42 bits per heavy atom. The monoisotopic (exact) mass is 291 g/mol. The highest BCUT2D eigenvalue weighted by molar-refractivity contribution is 6.39. The summed E-state index contributed by atoms with van der Waals surface area (Å²) in [6.45, 7) is 1.10. The Balaban J connectivity index is 2.03. The van der Waals surface area contributed by atoms with Crippen molar-refractivity contribution in [2.24, 2.45) is 0 Å². The average Bonchev–Trinajstić information content (AvgIpc) is 2.93. The van der Waals surface area contributed by atoms with Crippen molar-refractivity contribution in [1.82, 2.24) is 5.32 Å². The summed E-state index contributed by atoms with van der Waals surface area (Å²) in [6.07, 6.45) is 2.43. The van der Waals surface area contributed by atoms with Gasteiger partial charge in [-0.1, -0.05) is 47.5 Å². The second kappa shape index (κ2) is 5.54. The highest BCUT2D eigenvalue weighted by Gasteiger charge is 2.17. The van der Waals surface area contributed by atoms with Crippen LogP contribution >= 0.6 is 23.2 Å². The maximum atomic E-state index is 6.28. The molecule has 1 nitrogen and oxygen atoms in total. The second-order valence-electron chi connectivity index (χ2n) is 4.87. The van der Waals surface area contributed by atoms with Crippen molar-refractivity contribution in [2.45, 2.75) is 18.9 Å². The summed E-state index contributed by atoms with van der Waals surface area (Å²) in [5.41, 5.74) is 3.32. The van der Waals surface area contributed by atoms with E-state index >= 15 is 0 Å². The summed E-state index contributed by atoms with van der Waals surface area (Å²) in [6, 6.07) is 14.6. The molecule has 1 aliphatic heterocycles. The van der Waals surface area contributed by atoms with Gasteiger partial charge in [0.1, 0.15) is 0 Å². The van der Waals surface area contributed by atoms with E-state index < -0.39 is 0 Å². The predicted octanol–water partition coefficient (Wildman–Crippen LogP) is 5.08. The van der Waals surface area contributed by atoms with Gasteiger partial charge in [-0.15, -0.1) is 0 Å². The van der Waals surface area contributed by atoms with Gasteiger partial charge in [-0.05, 0) is 48.7 Å². The standard InChI is InChI=1S/C16H15Cl2N/c17-13-6-2-7-14(18)16(13)12-5-1-4-11(10-12)15-8-3-9-19-15/h1-2,4-7,10,15,19H,3,8-9H2. The Morgan fingerprint density at radius 2 is 1.74 bits per heavy atom. The summed E-state index contributed by atoms with van der Waals surface area (Å²) < 4.78 is 0. The Kier molecular flexibility index (Phi) is 3.79. The van der Waals surface area contributed by atoms with E-state index in [1.54, 1.807) is 0 Å². The van der Waals surface area contributed by atoms with E-state index in [1.807, 2.05) is 18.2 Å². The molecule has 3 rings (SSSR count). The molecule has 2 aromatic carbocycles. The minimum absolute atomic E-state index is 0.459. The van der Waals surface area contributed by atoms with Crippen molar-refractivity contribution >= 4 is 23.2 Å². The number of halogens is 2. The predicted molar refractivity (Wildman–Crippen MR) is 81.9 cm³/mol. The van der Waals surface area contributed by atoms with Crippen molar-refractivity contribution in [1.29, 1.82) is 0 Å². The smallest absolute Gasteiger partial charge is 0.0499 e. The van der Waals surface area contributed by atoms with Crippen LogP contribution in [0.1, 0.15) is 24.4 Å². The molecule has 1 fully saturated rings. The molecule has 1 atom stereocenters. The lowest BCUT2D eigenvalue weighted by Gasteiger charge is -2.13. The van der Waals surface area contributed by atoms with Gasteiger partial charge >= 0.3 is 0 Å². The molecule has 0 aliphatic carbocycles. The number of benzene rings is 2. The van der Waals surface area contributed by atoms with Crippen LogP contribution in [0.3, 0.4) is 0 Å². The molecule has 19 heavy (non-hydrogen) atoms. The Labute approximate surface area is 123 Å². The zero-order valence-corrected chi connectivity index (χ0v) is 12.0. The van der Waals surface area contributed by atoms with Gasteiger partial charge in [0.25, 0.3) is 0 Å². The van der Waals surface area contributed by atoms with Gasteiger partial charge in [0.2, 0.25) is 0 Å². The largest absolute Gasteiger partial charge is 0.310 e. The first-order valence-electron chi connectivity index (χ1n) is 6.53. The number of rotatable bonds is 2. The molecule has 1 aliphatic rings. The van der Waals surface area contributed by atoms with Crippen LogP contribution in [0.15, 0.2) is 42.5 Å². The van der Waals surface area contributed by atoms with Crippen molar-refractivity contribution in [3.63, 3.8) is 0 Å². The van der Waals surface area contributed by atoms with Gasteiger partial charge in [-0.2, -0.15) is 0 Å². The van der Waals surface area contributed by atoms with Gasteiger partial charge < -0.3 is 5.32 Å². The minimum atomic E-state index is 0.459. The Hall–Kier alpha value is -1.02. The molecular weight excluding hydrogens is 277 g/mol. The van der Waals surface area contributed by atoms with Gasteiger partial charge in [0.15, 0.2) is 0 Å². The second-order valence-corrected chi connectivity index (χ2v) is 5.69.